The van der Waals surface area contributed by atoms with Crippen LogP contribution < -0.4 is 10.6 Å². The van der Waals surface area contributed by atoms with E-state index in [-0.39, 0.29) is 12.0 Å². The Kier molecular flexibility index (Phi) is 3.33. The lowest BCUT2D eigenvalue weighted by atomic mass is 9.95. The number of aliphatic hydroxyl groups excluding tert-OH is 1. The Hall–Kier alpha value is -1.89. The Morgan fingerprint density at radius 2 is 2.17 bits per heavy atom. The highest BCUT2D eigenvalue weighted by atomic mass is 16.3. The van der Waals surface area contributed by atoms with E-state index in [1.54, 1.807) is 13.2 Å². The first-order chi connectivity index (χ1) is 8.55. The Morgan fingerprint density at radius 1 is 1.39 bits per heavy atom. The zero-order valence-electron chi connectivity index (χ0n) is 10.8. The smallest absolute Gasteiger partial charge is 0.226 e. The summed E-state index contributed by atoms with van der Waals surface area (Å²) in [6.45, 7) is 4.68. The van der Waals surface area contributed by atoms with Gasteiger partial charge in [-0.2, -0.15) is 15.1 Å². The average molecular weight is 250 g/mol. The topological polar surface area (TPSA) is 98.8 Å². The molecule has 7 nitrogen and oxygen atoms in total. The van der Waals surface area contributed by atoms with Crippen molar-refractivity contribution in [2.75, 3.05) is 30.8 Å². The van der Waals surface area contributed by atoms with E-state index in [1.807, 2.05) is 13.8 Å². The van der Waals surface area contributed by atoms with Crippen LogP contribution in [0.3, 0.4) is 0 Å². The Morgan fingerprint density at radius 3 is 2.83 bits per heavy atom. The molecular formula is C11H18N6O. The van der Waals surface area contributed by atoms with Gasteiger partial charge in [0.1, 0.15) is 5.82 Å². The van der Waals surface area contributed by atoms with Crippen LogP contribution in [0, 0.1) is 5.41 Å². The highest BCUT2D eigenvalue weighted by Crippen LogP contribution is 2.22. The van der Waals surface area contributed by atoms with Crippen LogP contribution in [0.1, 0.15) is 13.8 Å². The number of rotatable bonds is 5. The van der Waals surface area contributed by atoms with Crippen molar-refractivity contribution in [1.82, 2.24) is 20.2 Å². The number of nitrogens with one attached hydrogen (secondary N) is 3. The van der Waals surface area contributed by atoms with Crippen LogP contribution in [-0.2, 0) is 0 Å². The molecular weight excluding hydrogens is 232 g/mol. The minimum absolute atomic E-state index is 0.110. The molecule has 0 aliphatic rings. The highest BCUT2D eigenvalue weighted by Gasteiger charge is 2.17. The van der Waals surface area contributed by atoms with Crippen molar-refractivity contribution in [3.05, 3.63) is 6.20 Å². The third kappa shape index (κ3) is 2.51. The number of anilines is 2. The fourth-order valence-electron chi connectivity index (χ4n) is 1.46. The quantitative estimate of drug-likeness (QED) is 0.627. The monoisotopic (exact) mass is 250 g/mol. The van der Waals surface area contributed by atoms with E-state index < -0.39 is 0 Å². The molecule has 2 aromatic rings. The fraction of sp³-hybridized carbons (Fsp3) is 0.545. The van der Waals surface area contributed by atoms with Gasteiger partial charge in [0, 0.05) is 25.6 Å². The fourth-order valence-corrected chi connectivity index (χ4v) is 1.46. The van der Waals surface area contributed by atoms with Gasteiger partial charge in [-0.1, -0.05) is 13.8 Å². The van der Waals surface area contributed by atoms with Crippen molar-refractivity contribution in [3.63, 3.8) is 0 Å². The summed E-state index contributed by atoms with van der Waals surface area (Å²) >= 11 is 0. The summed E-state index contributed by atoms with van der Waals surface area (Å²) in [5.41, 5.74) is 0.472. The number of aromatic amines is 1. The number of aromatic nitrogens is 4. The van der Waals surface area contributed by atoms with E-state index in [9.17, 15) is 5.11 Å². The molecule has 0 aliphatic heterocycles. The number of hydrogen-bond donors (Lipinski definition) is 4. The van der Waals surface area contributed by atoms with E-state index in [0.717, 1.165) is 5.39 Å². The Labute approximate surface area is 105 Å². The van der Waals surface area contributed by atoms with Crippen LogP contribution in [-0.4, -0.2) is 45.5 Å². The lowest BCUT2D eigenvalue weighted by molar-refractivity contribution is 0.171. The molecule has 2 rings (SSSR count). The van der Waals surface area contributed by atoms with E-state index in [0.29, 0.717) is 24.0 Å². The van der Waals surface area contributed by atoms with Crippen molar-refractivity contribution in [2.45, 2.75) is 13.8 Å². The van der Waals surface area contributed by atoms with E-state index >= 15 is 0 Å². The van der Waals surface area contributed by atoms with Crippen molar-refractivity contribution in [2.24, 2.45) is 5.41 Å². The standard InChI is InChI=1S/C11H18N6O/c1-11(2,6-18)5-13-8-7-4-14-17-9(7)16-10(12-3)15-8/h4,18H,5-6H2,1-3H3,(H3,12,13,14,15,16,17). The van der Waals surface area contributed by atoms with Gasteiger partial charge in [-0.3, -0.25) is 5.10 Å². The number of aliphatic hydroxyl groups is 1. The normalized spacial score (nSPS) is 11.8. The predicted octanol–water partition coefficient (Wildman–Crippen LogP) is 0.825. The van der Waals surface area contributed by atoms with Gasteiger partial charge in [0.15, 0.2) is 5.65 Å². The molecule has 0 saturated heterocycles. The van der Waals surface area contributed by atoms with Gasteiger partial charge < -0.3 is 15.7 Å². The third-order valence-electron chi connectivity index (χ3n) is 2.70. The van der Waals surface area contributed by atoms with Crippen molar-refractivity contribution < 1.29 is 5.11 Å². The van der Waals surface area contributed by atoms with E-state index in [2.05, 4.69) is 30.8 Å². The van der Waals surface area contributed by atoms with Gasteiger partial charge in [-0.05, 0) is 0 Å². The van der Waals surface area contributed by atoms with Crippen LogP contribution in [0.5, 0.6) is 0 Å². The molecule has 0 unspecified atom stereocenters. The van der Waals surface area contributed by atoms with Gasteiger partial charge in [-0.15, -0.1) is 0 Å². The molecule has 0 atom stereocenters. The molecule has 0 amide bonds. The SMILES string of the molecule is CNc1nc(NCC(C)(C)CO)c2cn[nH]c2n1. The van der Waals surface area contributed by atoms with Crippen LogP contribution in [0.15, 0.2) is 6.20 Å². The summed E-state index contributed by atoms with van der Waals surface area (Å²) in [7, 11) is 1.76. The van der Waals surface area contributed by atoms with Crippen molar-refractivity contribution >= 4 is 22.8 Å². The van der Waals surface area contributed by atoms with Gasteiger partial charge in [0.2, 0.25) is 5.95 Å². The molecule has 2 heterocycles. The summed E-state index contributed by atoms with van der Waals surface area (Å²) in [5, 5.41) is 23.0. The maximum atomic E-state index is 9.24. The number of hydrogen-bond acceptors (Lipinski definition) is 6. The zero-order valence-corrected chi connectivity index (χ0v) is 10.8. The molecule has 0 aromatic carbocycles. The second-order valence-corrected chi connectivity index (χ2v) is 4.95. The molecule has 0 aliphatic carbocycles. The van der Waals surface area contributed by atoms with Gasteiger partial charge in [0.25, 0.3) is 0 Å². The largest absolute Gasteiger partial charge is 0.396 e. The lowest BCUT2D eigenvalue weighted by Crippen LogP contribution is -2.27. The van der Waals surface area contributed by atoms with Crippen LogP contribution in [0.2, 0.25) is 0 Å². The summed E-state index contributed by atoms with van der Waals surface area (Å²) in [6, 6.07) is 0. The van der Waals surface area contributed by atoms with E-state index in [1.165, 1.54) is 0 Å². The highest BCUT2D eigenvalue weighted by molar-refractivity contribution is 5.86. The van der Waals surface area contributed by atoms with Crippen molar-refractivity contribution in [1.29, 1.82) is 0 Å². The number of H-pyrrole nitrogens is 1. The van der Waals surface area contributed by atoms with Crippen LogP contribution in [0.25, 0.3) is 11.0 Å². The zero-order chi connectivity index (χ0) is 13.2. The molecule has 0 fully saturated rings. The second kappa shape index (κ2) is 4.77. The Bertz CT molecular complexity index is 535. The molecule has 18 heavy (non-hydrogen) atoms. The first-order valence-electron chi connectivity index (χ1n) is 5.79. The molecule has 2 aromatic heterocycles. The minimum Gasteiger partial charge on any atom is -0.396 e. The summed E-state index contributed by atoms with van der Waals surface area (Å²) in [4.78, 5) is 8.60. The van der Waals surface area contributed by atoms with Crippen LogP contribution in [0.4, 0.5) is 11.8 Å². The van der Waals surface area contributed by atoms with Crippen LogP contribution >= 0.6 is 0 Å². The molecule has 0 saturated carbocycles. The third-order valence-corrected chi connectivity index (χ3v) is 2.70. The lowest BCUT2D eigenvalue weighted by Gasteiger charge is -2.22. The molecule has 4 N–H and O–H groups in total. The van der Waals surface area contributed by atoms with Crippen molar-refractivity contribution in [3.8, 4) is 0 Å². The van der Waals surface area contributed by atoms with Gasteiger partial charge >= 0.3 is 0 Å². The minimum atomic E-state index is -0.208. The number of fused-ring (bicyclic) bond motifs is 1. The maximum absolute atomic E-state index is 9.24. The predicted molar refractivity (Wildman–Crippen MR) is 70.6 cm³/mol. The molecule has 0 radical (unpaired) electrons. The molecule has 7 heteroatoms. The molecule has 0 spiro atoms. The first-order valence-corrected chi connectivity index (χ1v) is 5.79. The maximum Gasteiger partial charge on any atom is 0.226 e. The number of nitrogens with zero attached hydrogens (tertiary/aromatic N) is 3. The van der Waals surface area contributed by atoms with Gasteiger partial charge in [-0.25, -0.2) is 0 Å². The van der Waals surface area contributed by atoms with E-state index in [4.69, 9.17) is 0 Å². The average Bonchev–Trinajstić information content (AvgIpc) is 2.84. The summed E-state index contributed by atoms with van der Waals surface area (Å²) < 4.78 is 0. The summed E-state index contributed by atoms with van der Waals surface area (Å²) in [6.07, 6.45) is 1.68. The first kappa shape index (κ1) is 12.6. The second-order valence-electron chi connectivity index (χ2n) is 4.95. The molecule has 0 bridgehead atoms. The van der Waals surface area contributed by atoms with Gasteiger partial charge in [0.05, 0.1) is 11.6 Å². The molecule has 98 valence electrons. The summed E-state index contributed by atoms with van der Waals surface area (Å²) in [5.74, 6) is 1.23. The Balaban J connectivity index is 2.28.